The van der Waals surface area contributed by atoms with Crippen LogP contribution in [0.5, 0.6) is 5.75 Å². The Kier molecular flexibility index (Phi) is 4.03. The molecule has 20 heavy (non-hydrogen) atoms. The van der Waals surface area contributed by atoms with E-state index in [1.807, 2.05) is 26.8 Å². The average Bonchev–Trinajstić information content (AvgIpc) is 2.58. The van der Waals surface area contributed by atoms with Crippen LogP contribution < -0.4 is 4.74 Å². The Hall–Kier alpha value is -0.830. The van der Waals surface area contributed by atoms with Gasteiger partial charge in [-0.05, 0) is 53.2 Å². The van der Waals surface area contributed by atoms with Crippen LogP contribution in [0.4, 0.5) is 0 Å². The predicted molar refractivity (Wildman–Crippen MR) is 85.8 cm³/mol. The van der Waals surface area contributed by atoms with E-state index in [2.05, 4.69) is 36.7 Å². The van der Waals surface area contributed by atoms with Crippen molar-refractivity contribution in [2.75, 3.05) is 0 Å². The number of hydrogen-bond acceptors (Lipinski definition) is 2. The number of carbonyl (C=O) groups is 1. The van der Waals surface area contributed by atoms with Crippen molar-refractivity contribution in [2.45, 2.75) is 59.5 Å². The summed E-state index contributed by atoms with van der Waals surface area (Å²) < 4.78 is 7.00. The highest BCUT2D eigenvalue weighted by Crippen LogP contribution is 2.44. The number of ether oxygens (including phenoxy) is 1. The first-order chi connectivity index (χ1) is 9.12. The van der Waals surface area contributed by atoms with E-state index >= 15 is 0 Å². The number of benzene rings is 1. The van der Waals surface area contributed by atoms with Crippen LogP contribution in [0.2, 0.25) is 0 Å². The van der Waals surface area contributed by atoms with Crippen molar-refractivity contribution in [1.82, 2.24) is 0 Å². The lowest BCUT2D eigenvalue weighted by Gasteiger charge is -2.26. The van der Waals surface area contributed by atoms with E-state index in [9.17, 15) is 4.79 Å². The van der Waals surface area contributed by atoms with Crippen LogP contribution in [0.3, 0.4) is 0 Å². The molecule has 0 heterocycles. The number of carbonyl (C=O) groups excluding carboxylic acids is 1. The first-order valence-corrected chi connectivity index (χ1v) is 7.99. The van der Waals surface area contributed by atoms with E-state index in [1.54, 1.807) is 0 Å². The Morgan fingerprint density at radius 2 is 1.95 bits per heavy atom. The first-order valence-electron chi connectivity index (χ1n) is 7.19. The zero-order chi connectivity index (χ0) is 15.2. The van der Waals surface area contributed by atoms with Gasteiger partial charge in [-0.1, -0.05) is 27.7 Å². The molecule has 0 saturated carbocycles. The predicted octanol–water partition coefficient (Wildman–Crippen LogP) is 4.91. The Labute approximate surface area is 130 Å². The minimum absolute atomic E-state index is 0.0616. The first kappa shape index (κ1) is 15.6. The molecule has 1 aromatic carbocycles. The van der Waals surface area contributed by atoms with E-state index in [1.165, 1.54) is 0 Å². The van der Waals surface area contributed by atoms with Crippen LogP contribution in [0.15, 0.2) is 10.5 Å². The van der Waals surface area contributed by atoms with Crippen molar-refractivity contribution < 1.29 is 9.53 Å². The standard InChI is InChI=1S/C17H23BrO2/c1-9(2)20-16-13(17(4,5)6)8-12-11(14(16)18)7-10(3)15(12)19/h8-10H,7H2,1-6H3. The molecule has 2 rings (SSSR count). The van der Waals surface area contributed by atoms with Crippen molar-refractivity contribution >= 4 is 21.7 Å². The summed E-state index contributed by atoms with van der Waals surface area (Å²) in [7, 11) is 0. The molecule has 3 heteroatoms. The number of ketones is 1. The fourth-order valence-electron chi connectivity index (χ4n) is 2.66. The van der Waals surface area contributed by atoms with Gasteiger partial charge in [0.05, 0.1) is 10.6 Å². The summed E-state index contributed by atoms with van der Waals surface area (Å²) in [6, 6.07) is 2.05. The van der Waals surface area contributed by atoms with Crippen LogP contribution >= 0.6 is 15.9 Å². The fraction of sp³-hybridized carbons (Fsp3) is 0.588. The van der Waals surface area contributed by atoms with Crippen molar-refractivity contribution in [3.63, 3.8) is 0 Å². The summed E-state index contributed by atoms with van der Waals surface area (Å²) in [4.78, 5) is 12.3. The molecule has 1 unspecified atom stereocenters. The van der Waals surface area contributed by atoms with E-state index in [-0.39, 0.29) is 23.2 Å². The van der Waals surface area contributed by atoms with Gasteiger partial charge in [0.1, 0.15) is 5.75 Å². The quantitative estimate of drug-likeness (QED) is 0.765. The molecule has 0 aromatic heterocycles. The van der Waals surface area contributed by atoms with Gasteiger partial charge in [0.25, 0.3) is 0 Å². The van der Waals surface area contributed by atoms with E-state index in [0.29, 0.717) is 0 Å². The molecular weight excluding hydrogens is 316 g/mol. The summed E-state index contributed by atoms with van der Waals surface area (Å²) in [6.07, 6.45) is 0.910. The smallest absolute Gasteiger partial charge is 0.166 e. The summed E-state index contributed by atoms with van der Waals surface area (Å²) in [5.41, 5.74) is 3.00. The van der Waals surface area contributed by atoms with Gasteiger partial charge < -0.3 is 4.74 Å². The maximum Gasteiger partial charge on any atom is 0.166 e. The van der Waals surface area contributed by atoms with Crippen molar-refractivity contribution in [3.8, 4) is 5.75 Å². The van der Waals surface area contributed by atoms with Crippen LogP contribution in [-0.4, -0.2) is 11.9 Å². The third-order valence-corrected chi connectivity index (χ3v) is 4.55. The van der Waals surface area contributed by atoms with Crippen LogP contribution in [-0.2, 0) is 11.8 Å². The summed E-state index contributed by atoms with van der Waals surface area (Å²) in [6.45, 7) is 12.5. The Bertz CT molecular complexity index is 553. The van der Waals surface area contributed by atoms with Gasteiger partial charge in [0.2, 0.25) is 0 Å². The molecule has 110 valence electrons. The molecule has 0 N–H and O–H groups in total. The molecule has 2 nitrogen and oxygen atoms in total. The van der Waals surface area contributed by atoms with Gasteiger partial charge in [0, 0.05) is 17.0 Å². The summed E-state index contributed by atoms with van der Waals surface area (Å²) in [5, 5.41) is 0. The second kappa shape index (κ2) is 5.18. The van der Waals surface area contributed by atoms with Crippen LogP contribution in [0.1, 0.15) is 63.0 Å². The zero-order valence-corrected chi connectivity index (χ0v) is 14.7. The molecule has 0 saturated heterocycles. The van der Waals surface area contributed by atoms with Crippen LogP contribution in [0.25, 0.3) is 0 Å². The number of fused-ring (bicyclic) bond motifs is 1. The second-order valence-electron chi connectivity index (χ2n) is 6.98. The molecule has 0 fully saturated rings. The molecule has 0 spiro atoms. The highest BCUT2D eigenvalue weighted by molar-refractivity contribution is 9.10. The molecule has 0 radical (unpaired) electrons. The molecule has 1 aliphatic rings. The topological polar surface area (TPSA) is 26.3 Å². The lowest BCUT2D eigenvalue weighted by atomic mass is 9.84. The monoisotopic (exact) mass is 338 g/mol. The largest absolute Gasteiger partial charge is 0.490 e. The van der Waals surface area contributed by atoms with E-state index < -0.39 is 0 Å². The zero-order valence-electron chi connectivity index (χ0n) is 13.1. The normalized spacial score (nSPS) is 18.6. The van der Waals surface area contributed by atoms with Gasteiger partial charge in [-0.15, -0.1) is 0 Å². The Balaban J connectivity index is 2.68. The fourth-order valence-corrected chi connectivity index (χ4v) is 3.34. The van der Waals surface area contributed by atoms with Gasteiger partial charge in [-0.2, -0.15) is 0 Å². The number of Topliss-reactive ketones (excluding diaryl/α,β-unsaturated/α-hetero) is 1. The maximum atomic E-state index is 12.3. The summed E-state index contributed by atoms with van der Waals surface area (Å²) >= 11 is 3.68. The molecule has 0 aliphatic heterocycles. The lowest BCUT2D eigenvalue weighted by molar-refractivity contribution is 0.0946. The van der Waals surface area contributed by atoms with Crippen molar-refractivity contribution in [2.24, 2.45) is 5.92 Å². The van der Waals surface area contributed by atoms with Gasteiger partial charge in [-0.25, -0.2) is 0 Å². The number of rotatable bonds is 2. The van der Waals surface area contributed by atoms with Gasteiger partial charge >= 0.3 is 0 Å². The summed E-state index contributed by atoms with van der Waals surface area (Å²) in [5.74, 6) is 1.22. The molecular formula is C17H23BrO2. The minimum atomic E-state index is -0.0616. The third kappa shape index (κ3) is 2.65. The van der Waals surface area contributed by atoms with E-state index in [4.69, 9.17) is 4.74 Å². The van der Waals surface area contributed by atoms with Crippen molar-refractivity contribution in [1.29, 1.82) is 0 Å². The number of hydrogen-bond donors (Lipinski definition) is 0. The van der Waals surface area contributed by atoms with Crippen molar-refractivity contribution in [3.05, 3.63) is 27.2 Å². The Morgan fingerprint density at radius 3 is 2.45 bits per heavy atom. The molecule has 1 aromatic rings. The van der Waals surface area contributed by atoms with Crippen LogP contribution in [0, 0.1) is 5.92 Å². The minimum Gasteiger partial charge on any atom is -0.490 e. The third-order valence-electron chi connectivity index (χ3n) is 3.71. The molecule has 1 aliphatic carbocycles. The highest BCUT2D eigenvalue weighted by atomic mass is 79.9. The molecule has 1 atom stereocenters. The SMILES string of the molecule is CC(C)Oc1c(C(C)(C)C)cc2c(c1Br)CC(C)C2=O. The number of halogens is 1. The molecule has 0 bridgehead atoms. The van der Waals surface area contributed by atoms with Gasteiger partial charge in [0.15, 0.2) is 5.78 Å². The van der Waals surface area contributed by atoms with Gasteiger partial charge in [-0.3, -0.25) is 4.79 Å². The Morgan fingerprint density at radius 1 is 1.35 bits per heavy atom. The lowest BCUT2D eigenvalue weighted by Crippen LogP contribution is -2.18. The maximum absolute atomic E-state index is 12.3. The second-order valence-corrected chi connectivity index (χ2v) is 7.77. The van der Waals surface area contributed by atoms with E-state index in [0.717, 1.165) is 33.3 Å². The average molecular weight is 339 g/mol. The highest BCUT2D eigenvalue weighted by Gasteiger charge is 2.34. The molecule has 0 amide bonds.